The number of carbonyl (C=O) groups is 2. The summed E-state index contributed by atoms with van der Waals surface area (Å²) >= 11 is 1.12. The summed E-state index contributed by atoms with van der Waals surface area (Å²) in [5.41, 5.74) is 4.07. The minimum Gasteiger partial charge on any atom is -0.368 e. The molecule has 0 aliphatic carbocycles. The van der Waals surface area contributed by atoms with Crippen LogP contribution < -0.4 is 10.2 Å². The number of anilines is 2. The van der Waals surface area contributed by atoms with Crippen molar-refractivity contribution in [3.63, 3.8) is 0 Å². The lowest BCUT2D eigenvalue weighted by molar-refractivity contribution is -0.115. The summed E-state index contributed by atoms with van der Waals surface area (Å²) in [4.78, 5) is 34.5. The molecule has 1 fully saturated rings. The molecule has 0 saturated carbocycles. The smallest absolute Gasteiger partial charge is 0.267 e. The lowest BCUT2D eigenvalue weighted by Gasteiger charge is -2.36. The van der Waals surface area contributed by atoms with Crippen molar-refractivity contribution in [1.82, 2.24) is 14.3 Å². The molecule has 31 heavy (non-hydrogen) atoms. The van der Waals surface area contributed by atoms with Gasteiger partial charge in [-0.05, 0) is 42.2 Å². The van der Waals surface area contributed by atoms with Crippen molar-refractivity contribution < 1.29 is 9.59 Å². The molecule has 1 N–H and O–H groups in total. The predicted octanol–water partition coefficient (Wildman–Crippen LogP) is 3.82. The first-order chi connectivity index (χ1) is 15.1. The molecule has 2 amide bonds. The van der Waals surface area contributed by atoms with Gasteiger partial charge in [0.2, 0.25) is 5.91 Å². The molecule has 0 unspecified atom stereocenters. The van der Waals surface area contributed by atoms with Crippen molar-refractivity contribution in [3.8, 4) is 11.4 Å². The molecule has 2 aromatic heterocycles. The average molecular weight is 436 g/mol. The third-order valence-electron chi connectivity index (χ3n) is 5.40. The molecule has 8 heteroatoms. The highest BCUT2D eigenvalue weighted by Crippen LogP contribution is 2.34. The number of amides is 2. The van der Waals surface area contributed by atoms with Crippen LogP contribution in [0.5, 0.6) is 0 Å². The van der Waals surface area contributed by atoms with Gasteiger partial charge in [-0.25, -0.2) is 0 Å². The normalized spacial score (nSPS) is 13.9. The van der Waals surface area contributed by atoms with Crippen molar-refractivity contribution in [1.29, 1.82) is 0 Å². The summed E-state index contributed by atoms with van der Waals surface area (Å²) in [5.74, 6) is -0.258. The highest BCUT2D eigenvalue weighted by molar-refractivity contribution is 7.09. The first-order valence-electron chi connectivity index (χ1n) is 10.4. The Balaban J connectivity index is 1.55. The first-order valence-corrected chi connectivity index (χ1v) is 11.2. The molecule has 1 aliphatic rings. The van der Waals surface area contributed by atoms with Gasteiger partial charge in [0.25, 0.3) is 5.91 Å². The molecule has 4 rings (SSSR count). The van der Waals surface area contributed by atoms with Crippen LogP contribution in [0, 0.1) is 6.92 Å². The highest BCUT2D eigenvalue weighted by Gasteiger charge is 2.29. The molecule has 1 aliphatic heterocycles. The number of hydrogen-bond donors (Lipinski definition) is 1. The van der Waals surface area contributed by atoms with E-state index in [4.69, 9.17) is 0 Å². The third kappa shape index (κ3) is 4.44. The van der Waals surface area contributed by atoms with Gasteiger partial charge in [-0.2, -0.15) is 4.37 Å². The third-order valence-corrected chi connectivity index (χ3v) is 6.24. The number of para-hydroxylation sites is 1. The molecule has 7 nitrogen and oxygen atoms in total. The van der Waals surface area contributed by atoms with Crippen LogP contribution in [0.25, 0.3) is 11.4 Å². The molecule has 0 bridgehead atoms. The van der Waals surface area contributed by atoms with Crippen molar-refractivity contribution in [3.05, 3.63) is 59.1 Å². The Kier molecular flexibility index (Phi) is 6.27. The van der Waals surface area contributed by atoms with Crippen LogP contribution in [-0.2, 0) is 4.79 Å². The number of rotatable bonds is 5. The van der Waals surface area contributed by atoms with Crippen molar-refractivity contribution >= 4 is 34.7 Å². The Labute approximate surface area is 185 Å². The van der Waals surface area contributed by atoms with Gasteiger partial charge in [-0.3, -0.25) is 14.6 Å². The van der Waals surface area contributed by atoms with Crippen molar-refractivity contribution in [2.75, 3.05) is 36.4 Å². The van der Waals surface area contributed by atoms with E-state index in [-0.39, 0.29) is 11.8 Å². The van der Waals surface area contributed by atoms with Gasteiger partial charge >= 0.3 is 0 Å². The number of nitrogens with one attached hydrogen (secondary N) is 1. The topological polar surface area (TPSA) is 78.4 Å². The van der Waals surface area contributed by atoms with E-state index in [0.29, 0.717) is 41.5 Å². The Morgan fingerprint density at radius 3 is 2.48 bits per heavy atom. The van der Waals surface area contributed by atoms with E-state index >= 15 is 0 Å². The maximum Gasteiger partial charge on any atom is 0.267 e. The predicted molar refractivity (Wildman–Crippen MR) is 124 cm³/mol. The molecule has 0 atom stereocenters. The van der Waals surface area contributed by atoms with Crippen molar-refractivity contribution in [2.24, 2.45) is 0 Å². The van der Waals surface area contributed by atoms with E-state index in [0.717, 1.165) is 24.6 Å². The van der Waals surface area contributed by atoms with E-state index in [1.807, 2.05) is 35.2 Å². The van der Waals surface area contributed by atoms with E-state index in [9.17, 15) is 9.59 Å². The van der Waals surface area contributed by atoms with E-state index in [2.05, 4.69) is 38.6 Å². The zero-order valence-corrected chi connectivity index (χ0v) is 18.5. The zero-order valence-electron chi connectivity index (χ0n) is 17.7. The molecule has 3 heterocycles. The lowest BCUT2D eigenvalue weighted by Crippen LogP contribution is -2.49. The lowest BCUT2D eigenvalue weighted by atomic mass is 10.1. The van der Waals surface area contributed by atoms with Crippen LogP contribution in [0.2, 0.25) is 0 Å². The number of hydrogen-bond acceptors (Lipinski definition) is 6. The van der Waals surface area contributed by atoms with Gasteiger partial charge in [0.1, 0.15) is 10.6 Å². The number of carbonyl (C=O) groups excluding carboxylic acids is 2. The Morgan fingerprint density at radius 2 is 1.81 bits per heavy atom. The number of nitrogens with zero attached hydrogens (tertiary/aromatic N) is 4. The maximum atomic E-state index is 13.4. The van der Waals surface area contributed by atoms with E-state index < -0.39 is 0 Å². The minimum atomic E-state index is -0.157. The summed E-state index contributed by atoms with van der Waals surface area (Å²) in [6.07, 6.45) is 1.99. The molecule has 1 aromatic carbocycles. The van der Waals surface area contributed by atoms with Crippen LogP contribution in [-0.4, -0.2) is 52.3 Å². The fourth-order valence-corrected chi connectivity index (χ4v) is 4.48. The second kappa shape index (κ2) is 9.26. The number of aromatic nitrogens is 2. The fourth-order valence-electron chi connectivity index (χ4n) is 3.67. The largest absolute Gasteiger partial charge is 0.368 e. The molecule has 0 spiro atoms. The Morgan fingerprint density at radius 1 is 1.06 bits per heavy atom. The van der Waals surface area contributed by atoms with Crippen LogP contribution in [0.1, 0.15) is 28.6 Å². The fraction of sp³-hybridized carbons (Fsp3) is 0.304. The van der Waals surface area contributed by atoms with Gasteiger partial charge in [0.15, 0.2) is 0 Å². The number of benzene rings is 1. The molecule has 0 radical (unpaired) electrons. The summed E-state index contributed by atoms with van der Waals surface area (Å²) in [7, 11) is 0. The Hall–Kier alpha value is -3.26. The SMILES string of the molecule is CCC(=O)Nc1c(-c2ccccn2)nsc1C(=O)N1CCN(c2ccccc2C)CC1. The number of piperazine rings is 1. The molecular weight excluding hydrogens is 410 g/mol. The quantitative estimate of drug-likeness (QED) is 0.659. The Bertz CT molecular complexity index is 1070. The minimum absolute atomic E-state index is 0.101. The van der Waals surface area contributed by atoms with Crippen molar-refractivity contribution in [2.45, 2.75) is 20.3 Å². The number of aryl methyl sites for hydroxylation is 1. The molecule has 160 valence electrons. The van der Waals surface area contributed by atoms with Gasteiger partial charge in [-0.1, -0.05) is 31.2 Å². The monoisotopic (exact) mass is 435 g/mol. The van der Waals surface area contributed by atoms with Gasteiger partial charge in [0, 0.05) is 44.5 Å². The second-order valence-electron chi connectivity index (χ2n) is 7.42. The molecule has 1 saturated heterocycles. The number of pyridine rings is 1. The van der Waals surface area contributed by atoms with Gasteiger partial charge < -0.3 is 15.1 Å². The van der Waals surface area contributed by atoms with Crippen LogP contribution in [0.15, 0.2) is 48.7 Å². The van der Waals surface area contributed by atoms with Gasteiger partial charge in [-0.15, -0.1) is 0 Å². The first kappa shape index (κ1) is 21.0. The van der Waals surface area contributed by atoms with Crippen LogP contribution >= 0.6 is 11.5 Å². The van der Waals surface area contributed by atoms with Gasteiger partial charge in [0.05, 0.1) is 11.4 Å². The molecular formula is C23H25N5O2S. The highest BCUT2D eigenvalue weighted by atomic mass is 32.1. The summed E-state index contributed by atoms with van der Waals surface area (Å²) in [6, 6.07) is 13.8. The maximum absolute atomic E-state index is 13.4. The second-order valence-corrected chi connectivity index (χ2v) is 8.19. The average Bonchev–Trinajstić information content (AvgIpc) is 3.23. The summed E-state index contributed by atoms with van der Waals surface area (Å²) in [5, 5.41) is 2.88. The zero-order chi connectivity index (χ0) is 21.8. The van der Waals surface area contributed by atoms with E-state index in [1.165, 1.54) is 11.3 Å². The van der Waals surface area contributed by atoms with Crippen LogP contribution in [0.3, 0.4) is 0 Å². The van der Waals surface area contributed by atoms with Crippen LogP contribution in [0.4, 0.5) is 11.4 Å². The molecule has 3 aromatic rings. The van der Waals surface area contributed by atoms with E-state index in [1.54, 1.807) is 13.1 Å². The summed E-state index contributed by atoms with van der Waals surface area (Å²) in [6.45, 7) is 6.64. The standard InChI is InChI=1S/C23H25N5O2S/c1-3-19(29)25-21-20(17-9-6-7-11-24-17)26-31-22(21)23(30)28-14-12-27(13-15-28)18-10-5-4-8-16(18)2/h4-11H,3,12-15H2,1-2H3,(H,25,29). The summed E-state index contributed by atoms with van der Waals surface area (Å²) < 4.78 is 4.47.